The highest BCUT2D eigenvalue weighted by molar-refractivity contribution is 6.30. The first-order valence-corrected chi connectivity index (χ1v) is 10.5. The van der Waals surface area contributed by atoms with Crippen molar-refractivity contribution in [3.05, 3.63) is 83.2 Å². The van der Waals surface area contributed by atoms with Gasteiger partial charge < -0.3 is 10.1 Å². The minimum Gasteiger partial charge on any atom is -0.370 e. The van der Waals surface area contributed by atoms with Crippen LogP contribution in [0.25, 0.3) is 0 Å². The van der Waals surface area contributed by atoms with Gasteiger partial charge >= 0.3 is 0 Å². The number of halogens is 2. The minimum absolute atomic E-state index is 0.0835. The molecule has 29 heavy (non-hydrogen) atoms. The molecule has 1 N–H and O–H groups in total. The van der Waals surface area contributed by atoms with Crippen LogP contribution in [0.15, 0.2) is 61.2 Å². The fraction of sp³-hybridized carbons (Fsp3) is 0.375. The molecule has 2 atom stereocenters. The van der Waals surface area contributed by atoms with Gasteiger partial charge in [0.2, 0.25) is 5.91 Å². The lowest BCUT2D eigenvalue weighted by Gasteiger charge is -2.30. The second kappa shape index (κ2) is 10.6. The predicted octanol–water partition coefficient (Wildman–Crippen LogP) is 5.78. The van der Waals surface area contributed by atoms with E-state index >= 15 is 0 Å². The first kappa shape index (κ1) is 21.5. The van der Waals surface area contributed by atoms with E-state index in [9.17, 15) is 9.18 Å². The summed E-state index contributed by atoms with van der Waals surface area (Å²) < 4.78 is 20.3. The lowest BCUT2D eigenvalue weighted by atomic mass is 9.91. The molecule has 0 bridgehead atoms. The molecule has 2 aromatic carbocycles. The largest absolute Gasteiger partial charge is 0.370 e. The van der Waals surface area contributed by atoms with E-state index in [1.165, 1.54) is 18.6 Å². The highest BCUT2D eigenvalue weighted by Crippen LogP contribution is 2.30. The maximum absolute atomic E-state index is 14.0. The minimum atomic E-state index is -0.730. The molecule has 1 aliphatic carbocycles. The summed E-state index contributed by atoms with van der Waals surface area (Å²) in [6.07, 6.45) is 6.53. The number of benzene rings is 2. The zero-order valence-corrected chi connectivity index (χ0v) is 17.2. The van der Waals surface area contributed by atoms with Gasteiger partial charge in [-0.1, -0.05) is 67.3 Å². The Morgan fingerprint density at radius 1 is 1.21 bits per heavy atom. The molecular weight excluding hydrogens is 389 g/mol. The van der Waals surface area contributed by atoms with Gasteiger partial charge in [-0.05, 0) is 42.2 Å². The number of hydrogen-bond acceptors (Lipinski definition) is 2. The van der Waals surface area contributed by atoms with Gasteiger partial charge in [-0.15, -0.1) is 6.58 Å². The maximum Gasteiger partial charge on any atom is 0.230 e. The summed E-state index contributed by atoms with van der Waals surface area (Å²) in [7, 11) is 0. The van der Waals surface area contributed by atoms with E-state index in [-0.39, 0.29) is 17.0 Å². The molecule has 0 aromatic heterocycles. The number of rotatable bonds is 8. The Kier molecular flexibility index (Phi) is 7.84. The van der Waals surface area contributed by atoms with Crippen molar-refractivity contribution in [1.82, 2.24) is 5.32 Å². The fourth-order valence-corrected chi connectivity index (χ4v) is 4.06. The summed E-state index contributed by atoms with van der Waals surface area (Å²) in [6.45, 7) is 4.27. The highest BCUT2D eigenvalue weighted by atomic mass is 35.5. The average molecular weight is 416 g/mol. The zero-order chi connectivity index (χ0) is 20.6. The standard InChI is InChI=1S/C24H27ClFNO2/c1-2-22(29-21-11-7-4-8-12-21)23(18-13-19(25)15-20(26)14-18)24(28)27-16-17-9-5-3-6-10-17/h2-3,5-6,9-10,13-15,21-23H,1,4,7-8,11-12,16H2,(H,27,28)/t22-,23-/m1/s1. The van der Waals surface area contributed by atoms with Crippen LogP contribution in [0, 0.1) is 5.82 Å². The molecule has 0 saturated heterocycles. The molecule has 0 radical (unpaired) electrons. The second-order valence-corrected chi connectivity index (χ2v) is 7.92. The van der Waals surface area contributed by atoms with Crippen LogP contribution in [-0.2, 0) is 16.1 Å². The number of ether oxygens (including phenoxy) is 1. The Labute approximate surface area is 176 Å². The third-order valence-electron chi connectivity index (χ3n) is 5.30. The summed E-state index contributed by atoms with van der Waals surface area (Å²) in [5.74, 6) is -1.45. The van der Waals surface area contributed by atoms with E-state index in [0.29, 0.717) is 12.1 Å². The maximum atomic E-state index is 14.0. The number of amides is 1. The molecule has 3 nitrogen and oxygen atoms in total. The Morgan fingerprint density at radius 2 is 1.93 bits per heavy atom. The Bertz CT molecular complexity index is 801. The molecule has 1 aliphatic rings. The van der Waals surface area contributed by atoms with Gasteiger partial charge in [-0.2, -0.15) is 0 Å². The Hall–Kier alpha value is -2.17. The van der Waals surface area contributed by atoms with Crippen molar-refractivity contribution >= 4 is 17.5 Å². The quantitative estimate of drug-likeness (QED) is 0.554. The van der Waals surface area contributed by atoms with Gasteiger partial charge in [0.15, 0.2) is 0 Å². The van der Waals surface area contributed by atoms with E-state index in [1.807, 2.05) is 30.3 Å². The van der Waals surface area contributed by atoms with E-state index in [2.05, 4.69) is 11.9 Å². The topological polar surface area (TPSA) is 38.3 Å². The molecule has 0 spiro atoms. The zero-order valence-electron chi connectivity index (χ0n) is 16.5. The molecular formula is C24H27ClFNO2. The number of nitrogens with one attached hydrogen (secondary N) is 1. The molecule has 0 heterocycles. The molecule has 0 aliphatic heterocycles. The van der Waals surface area contributed by atoms with Crippen LogP contribution in [0.3, 0.4) is 0 Å². The molecule has 2 aromatic rings. The van der Waals surface area contributed by atoms with Crippen LogP contribution < -0.4 is 5.32 Å². The van der Waals surface area contributed by atoms with Crippen molar-refractivity contribution in [1.29, 1.82) is 0 Å². The first-order chi connectivity index (χ1) is 14.1. The molecule has 0 unspecified atom stereocenters. The summed E-state index contributed by atoms with van der Waals surface area (Å²) >= 11 is 6.07. The van der Waals surface area contributed by atoms with Gasteiger partial charge in [-0.3, -0.25) is 4.79 Å². The van der Waals surface area contributed by atoms with E-state index in [4.69, 9.17) is 16.3 Å². The summed E-state index contributed by atoms with van der Waals surface area (Å²) in [6, 6.07) is 13.9. The lowest BCUT2D eigenvalue weighted by Crippen LogP contribution is -2.38. The van der Waals surface area contributed by atoms with Crippen LogP contribution >= 0.6 is 11.6 Å². The molecule has 3 rings (SSSR count). The Balaban J connectivity index is 1.83. The predicted molar refractivity (Wildman–Crippen MR) is 114 cm³/mol. The monoisotopic (exact) mass is 415 g/mol. The van der Waals surface area contributed by atoms with Crippen LogP contribution in [0.1, 0.15) is 49.1 Å². The van der Waals surface area contributed by atoms with Gasteiger partial charge in [0, 0.05) is 11.6 Å². The van der Waals surface area contributed by atoms with Gasteiger partial charge in [0.25, 0.3) is 0 Å². The van der Waals surface area contributed by atoms with E-state index in [0.717, 1.165) is 31.2 Å². The average Bonchev–Trinajstić information content (AvgIpc) is 2.72. The van der Waals surface area contributed by atoms with Gasteiger partial charge in [0.05, 0.1) is 18.1 Å². The van der Waals surface area contributed by atoms with Crippen molar-refractivity contribution in [2.24, 2.45) is 0 Å². The van der Waals surface area contributed by atoms with Crippen molar-refractivity contribution in [2.45, 2.75) is 56.8 Å². The molecule has 154 valence electrons. The number of hydrogen-bond donors (Lipinski definition) is 1. The summed E-state index contributed by atoms with van der Waals surface area (Å²) in [5.41, 5.74) is 1.47. The molecule has 5 heteroatoms. The molecule has 1 saturated carbocycles. The SMILES string of the molecule is C=C[C@@H](OC1CCCCC1)[C@H](C(=O)NCc1ccccc1)c1cc(F)cc(Cl)c1. The van der Waals surface area contributed by atoms with Crippen molar-refractivity contribution in [2.75, 3.05) is 0 Å². The Morgan fingerprint density at radius 3 is 2.59 bits per heavy atom. The van der Waals surface area contributed by atoms with Crippen LogP contribution in [0.2, 0.25) is 5.02 Å². The third kappa shape index (κ3) is 6.15. The second-order valence-electron chi connectivity index (χ2n) is 7.48. The van der Waals surface area contributed by atoms with Crippen LogP contribution in [0.4, 0.5) is 4.39 Å². The van der Waals surface area contributed by atoms with Gasteiger partial charge in [-0.25, -0.2) is 4.39 Å². The number of carbonyl (C=O) groups excluding carboxylic acids is 1. The van der Waals surface area contributed by atoms with Gasteiger partial charge in [0.1, 0.15) is 5.82 Å². The van der Waals surface area contributed by atoms with Crippen molar-refractivity contribution in [3.8, 4) is 0 Å². The normalized spacial score (nSPS) is 16.8. The fourth-order valence-electron chi connectivity index (χ4n) is 3.83. The van der Waals surface area contributed by atoms with Crippen LogP contribution in [0.5, 0.6) is 0 Å². The highest BCUT2D eigenvalue weighted by Gasteiger charge is 2.32. The van der Waals surface area contributed by atoms with Crippen molar-refractivity contribution in [3.63, 3.8) is 0 Å². The summed E-state index contributed by atoms with van der Waals surface area (Å²) in [5, 5.41) is 3.21. The van der Waals surface area contributed by atoms with Crippen LogP contribution in [-0.4, -0.2) is 18.1 Å². The van der Waals surface area contributed by atoms with E-state index in [1.54, 1.807) is 12.1 Å². The molecule has 1 fully saturated rings. The third-order valence-corrected chi connectivity index (χ3v) is 5.52. The molecule has 1 amide bonds. The smallest absolute Gasteiger partial charge is 0.230 e. The number of carbonyl (C=O) groups is 1. The first-order valence-electron chi connectivity index (χ1n) is 10.1. The van der Waals surface area contributed by atoms with E-state index < -0.39 is 17.8 Å². The lowest BCUT2D eigenvalue weighted by molar-refractivity contribution is -0.127. The van der Waals surface area contributed by atoms with Crippen molar-refractivity contribution < 1.29 is 13.9 Å². The summed E-state index contributed by atoms with van der Waals surface area (Å²) in [4.78, 5) is 13.2.